The molecule has 0 bridgehead atoms. The van der Waals surface area contributed by atoms with E-state index in [4.69, 9.17) is 0 Å². The Morgan fingerprint density at radius 2 is 0.962 bits per heavy atom. The lowest BCUT2D eigenvalue weighted by Gasteiger charge is -2.27. The molecule has 0 unspecified atom stereocenters. The quantitative estimate of drug-likeness (QED) is 0.648. The van der Waals surface area contributed by atoms with Gasteiger partial charge >= 0.3 is 0 Å². The van der Waals surface area contributed by atoms with Crippen LogP contribution in [0.15, 0.2) is 91.0 Å². The van der Waals surface area contributed by atoms with Crippen LogP contribution in [-0.2, 0) is 6.54 Å². The van der Waals surface area contributed by atoms with E-state index in [1.54, 1.807) is 0 Å². The first-order valence-corrected chi connectivity index (χ1v) is 8.94. The lowest BCUT2D eigenvalue weighted by molar-refractivity contribution is 0.0647. The van der Waals surface area contributed by atoms with Gasteiger partial charge in [0.05, 0.1) is 12.2 Å². The van der Waals surface area contributed by atoms with Crippen LogP contribution in [-0.4, -0.2) is 28.2 Å². The summed E-state index contributed by atoms with van der Waals surface area (Å²) < 4.78 is 0. The summed E-state index contributed by atoms with van der Waals surface area (Å²) in [5.74, 6) is 0. The van der Waals surface area contributed by atoms with Crippen LogP contribution in [0.1, 0.15) is 28.9 Å². The van der Waals surface area contributed by atoms with Crippen molar-refractivity contribution in [2.24, 2.45) is 0 Å². The van der Waals surface area contributed by atoms with Gasteiger partial charge in [0.2, 0.25) is 0 Å². The maximum atomic E-state index is 10.6. The van der Waals surface area contributed by atoms with Crippen LogP contribution in [0.2, 0.25) is 0 Å². The van der Waals surface area contributed by atoms with Gasteiger partial charge in [0.15, 0.2) is 0 Å². The highest BCUT2D eigenvalue weighted by molar-refractivity contribution is 5.20. The molecule has 3 aromatic carbocycles. The summed E-state index contributed by atoms with van der Waals surface area (Å²) in [6.45, 7) is 1.60. The first-order chi connectivity index (χ1) is 12.7. The summed E-state index contributed by atoms with van der Waals surface area (Å²) in [5.41, 5.74) is 2.94. The maximum Gasteiger partial charge on any atom is 0.0917 e. The lowest BCUT2D eigenvalue weighted by Crippen LogP contribution is -2.32. The van der Waals surface area contributed by atoms with Crippen molar-refractivity contribution >= 4 is 0 Å². The first kappa shape index (κ1) is 18.3. The fraction of sp³-hybridized carbons (Fsp3) is 0.217. The molecule has 0 radical (unpaired) electrons. The number of aliphatic hydroxyl groups is 2. The molecule has 0 heterocycles. The molecule has 0 aliphatic rings. The SMILES string of the molecule is O[C@H](CN(Cc1ccccc1)C[C@H](O)c1ccccc1)c1ccccc1. The third-order valence-corrected chi connectivity index (χ3v) is 4.48. The molecule has 0 amide bonds. The predicted octanol–water partition coefficient (Wildman–Crippen LogP) is 3.96. The number of hydrogen-bond acceptors (Lipinski definition) is 3. The van der Waals surface area contributed by atoms with E-state index < -0.39 is 12.2 Å². The Balaban J connectivity index is 1.73. The second-order valence-corrected chi connectivity index (χ2v) is 6.53. The molecule has 3 aromatic rings. The van der Waals surface area contributed by atoms with Crippen molar-refractivity contribution in [2.45, 2.75) is 18.8 Å². The normalized spacial score (nSPS) is 13.5. The van der Waals surface area contributed by atoms with Gasteiger partial charge in [-0.2, -0.15) is 0 Å². The number of nitrogens with zero attached hydrogens (tertiary/aromatic N) is 1. The minimum Gasteiger partial charge on any atom is -0.387 e. The van der Waals surface area contributed by atoms with Gasteiger partial charge in [0.1, 0.15) is 0 Å². The van der Waals surface area contributed by atoms with E-state index in [-0.39, 0.29) is 0 Å². The lowest BCUT2D eigenvalue weighted by atomic mass is 10.1. The van der Waals surface area contributed by atoms with Crippen molar-refractivity contribution in [1.82, 2.24) is 4.90 Å². The monoisotopic (exact) mass is 347 g/mol. The molecule has 0 aromatic heterocycles. The van der Waals surface area contributed by atoms with Crippen LogP contribution in [0, 0.1) is 0 Å². The molecule has 3 heteroatoms. The van der Waals surface area contributed by atoms with E-state index in [9.17, 15) is 10.2 Å². The van der Waals surface area contributed by atoms with E-state index >= 15 is 0 Å². The molecule has 0 aliphatic carbocycles. The zero-order chi connectivity index (χ0) is 18.2. The maximum absolute atomic E-state index is 10.6. The van der Waals surface area contributed by atoms with Gasteiger partial charge in [-0.05, 0) is 16.7 Å². The molecule has 3 rings (SSSR count). The largest absolute Gasteiger partial charge is 0.387 e. The Morgan fingerprint density at radius 3 is 1.38 bits per heavy atom. The van der Waals surface area contributed by atoms with Crippen molar-refractivity contribution in [3.05, 3.63) is 108 Å². The highest BCUT2D eigenvalue weighted by atomic mass is 16.3. The fourth-order valence-corrected chi connectivity index (χ4v) is 3.10. The Labute approximate surface area is 155 Å². The fourth-order valence-electron chi connectivity index (χ4n) is 3.10. The van der Waals surface area contributed by atoms with Gasteiger partial charge in [-0.1, -0.05) is 91.0 Å². The number of hydrogen-bond donors (Lipinski definition) is 2. The zero-order valence-electron chi connectivity index (χ0n) is 14.8. The average molecular weight is 347 g/mol. The number of benzene rings is 3. The topological polar surface area (TPSA) is 43.7 Å². The average Bonchev–Trinajstić information content (AvgIpc) is 2.70. The Bertz CT molecular complexity index is 714. The Hall–Kier alpha value is -2.46. The van der Waals surface area contributed by atoms with Crippen molar-refractivity contribution in [3.8, 4) is 0 Å². The highest BCUT2D eigenvalue weighted by Gasteiger charge is 2.18. The second-order valence-electron chi connectivity index (χ2n) is 6.53. The molecule has 0 saturated carbocycles. The molecule has 0 fully saturated rings. The van der Waals surface area contributed by atoms with Gasteiger partial charge < -0.3 is 10.2 Å². The third-order valence-electron chi connectivity index (χ3n) is 4.48. The summed E-state index contributed by atoms with van der Waals surface area (Å²) in [6, 6.07) is 29.5. The second kappa shape index (κ2) is 9.30. The molecule has 2 N–H and O–H groups in total. The van der Waals surface area contributed by atoms with Gasteiger partial charge in [-0.15, -0.1) is 0 Å². The summed E-state index contributed by atoms with van der Waals surface area (Å²) >= 11 is 0. The van der Waals surface area contributed by atoms with E-state index in [0.29, 0.717) is 19.6 Å². The van der Waals surface area contributed by atoms with Crippen LogP contribution in [0.25, 0.3) is 0 Å². The minimum atomic E-state index is -0.595. The van der Waals surface area contributed by atoms with E-state index in [0.717, 1.165) is 16.7 Å². The van der Waals surface area contributed by atoms with Gasteiger partial charge in [0, 0.05) is 19.6 Å². The third kappa shape index (κ3) is 5.27. The highest BCUT2D eigenvalue weighted by Crippen LogP contribution is 2.19. The van der Waals surface area contributed by atoms with Crippen LogP contribution in [0.3, 0.4) is 0 Å². The van der Waals surface area contributed by atoms with Crippen molar-refractivity contribution in [1.29, 1.82) is 0 Å². The van der Waals surface area contributed by atoms with Crippen LogP contribution >= 0.6 is 0 Å². The summed E-state index contributed by atoms with van der Waals surface area (Å²) in [7, 11) is 0. The molecular weight excluding hydrogens is 322 g/mol. The molecule has 0 spiro atoms. The van der Waals surface area contributed by atoms with E-state index in [1.807, 2.05) is 78.9 Å². The van der Waals surface area contributed by atoms with Crippen LogP contribution in [0.5, 0.6) is 0 Å². The van der Waals surface area contributed by atoms with E-state index in [2.05, 4.69) is 17.0 Å². The van der Waals surface area contributed by atoms with Crippen molar-refractivity contribution in [2.75, 3.05) is 13.1 Å². The first-order valence-electron chi connectivity index (χ1n) is 8.94. The predicted molar refractivity (Wildman–Crippen MR) is 105 cm³/mol. The molecule has 134 valence electrons. The van der Waals surface area contributed by atoms with E-state index in [1.165, 1.54) is 0 Å². The van der Waals surface area contributed by atoms with Crippen molar-refractivity contribution in [3.63, 3.8) is 0 Å². The van der Waals surface area contributed by atoms with Gasteiger partial charge in [-0.25, -0.2) is 0 Å². The Kier molecular flexibility index (Phi) is 6.56. The minimum absolute atomic E-state index is 0.461. The molecule has 0 saturated heterocycles. The molecule has 0 aliphatic heterocycles. The van der Waals surface area contributed by atoms with Crippen LogP contribution < -0.4 is 0 Å². The molecule has 26 heavy (non-hydrogen) atoms. The van der Waals surface area contributed by atoms with Crippen LogP contribution in [0.4, 0.5) is 0 Å². The Morgan fingerprint density at radius 1 is 0.577 bits per heavy atom. The van der Waals surface area contributed by atoms with Crippen molar-refractivity contribution < 1.29 is 10.2 Å². The summed E-state index contributed by atoms with van der Waals surface area (Å²) in [5, 5.41) is 21.3. The van der Waals surface area contributed by atoms with Gasteiger partial charge in [-0.3, -0.25) is 4.90 Å². The van der Waals surface area contributed by atoms with Gasteiger partial charge in [0.25, 0.3) is 0 Å². The summed E-state index contributed by atoms with van der Waals surface area (Å²) in [6.07, 6.45) is -1.19. The number of rotatable bonds is 8. The smallest absolute Gasteiger partial charge is 0.0917 e. The molecular formula is C23H25NO2. The molecule has 3 nitrogen and oxygen atoms in total. The summed E-state index contributed by atoms with van der Waals surface area (Å²) in [4.78, 5) is 2.10. The zero-order valence-corrected chi connectivity index (χ0v) is 14.8. The molecule has 2 atom stereocenters. The standard InChI is InChI=1S/C23H25NO2/c25-22(20-12-6-2-7-13-20)17-24(16-19-10-4-1-5-11-19)18-23(26)21-14-8-3-9-15-21/h1-15,22-23,25-26H,16-18H2/t22-,23+. The number of aliphatic hydroxyl groups excluding tert-OH is 2.